The van der Waals surface area contributed by atoms with Crippen LogP contribution in [0, 0.1) is 5.41 Å². The van der Waals surface area contributed by atoms with Gasteiger partial charge in [-0.25, -0.2) is 17.9 Å². The van der Waals surface area contributed by atoms with Crippen LogP contribution in [0.5, 0.6) is 0 Å². The van der Waals surface area contributed by atoms with E-state index in [0.717, 1.165) is 12.3 Å². The molecule has 0 bridgehead atoms. The van der Waals surface area contributed by atoms with Crippen LogP contribution in [0.15, 0.2) is 59.5 Å². The molecule has 0 aliphatic carbocycles. The van der Waals surface area contributed by atoms with E-state index in [1.54, 1.807) is 37.7 Å². The number of carbonyl (C=O) groups excluding carboxylic acids is 1. The number of nitrogens with zero attached hydrogens (tertiary/aromatic N) is 4. The molecule has 0 saturated carbocycles. The highest BCUT2D eigenvalue weighted by Gasteiger charge is 2.49. The fourth-order valence-electron chi connectivity index (χ4n) is 4.12. The first-order chi connectivity index (χ1) is 17.7. The summed E-state index contributed by atoms with van der Waals surface area (Å²) in [5.74, 6) is -0.693. The summed E-state index contributed by atoms with van der Waals surface area (Å²) in [5, 5.41) is 18.2. The molecule has 2 unspecified atom stereocenters. The Labute approximate surface area is 221 Å². The third-order valence-corrected chi connectivity index (χ3v) is 8.63. The summed E-state index contributed by atoms with van der Waals surface area (Å²) in [6.07, 6.45) is 7.43. The highest BCUT2D eigenvalue weighted by atomic mass is 32.2. The minimum absolute atomic E-state index is 0.0563. The highest BCUT2D eigenvalue weighted by molar-refractivity contribution is 7.92. The number of amides is 1. The number of rotatable bonds is 7. The first-order valence-corrected chi connectivity index (χ1v) is 15.4. The number of guanidine groups is 1. The van der Waals surface area contributed by atoms with Gasteiger partial charge in [-0.1, -0.05) is 20.8 Å². The maximum absolute atomic E-state index is 14.2. The molecule has 1 aromatic heterocycles. The zero-order valence-corrected chi connectivity index (χ0v) is 23.6. The van der Waals surface area contributed by atoms with Gasteiger partial charge in [0.05, 0.1) is 36.5 Å². The Morgan fingerprint density at radius 3 is 2.63 bits per heavy atom. The Hall–Kier alpha value is -3.25. The van der Waals surface area contributed by atoms with Crippen molar-refractivity contribution in [2.75, 3.05) is 29.4 Å². The van der Waals surface area contributed by atoms with E-state index < -0.39 is 27.9 Å². The molecule has 2 aliphatic rings. The van der Waals surface area contributed by atoms with Crippen LogP contribution >= 0.6 is 7.52 Å². The average molecular weight is 564 g/mol. The summed E-state index contributed by atoms with van der Waals surface area (Å²) in [6, 6.07) is 6.17. The Bertz CT molecular complexity index is 1510. The largest absolute Gasteiger partial charge is 0.505 e. The molecule has 1 aromatic carbocycles. The van der Waals surface area contributed by atoms with Gasteiger partial charge in [0.25, 0.3) is 0 Å². The van der Waals surface area contributed by atoms with E-state index in [-0.39, 0.29) is 47.0 Å². The van der Waals surface area contributed by atoms with Crippen molar-refractivity contribution in [3.8, 4) is 0 Å². The van der Waals surface area contributed by atoms with E-state index in [1.807, 2.05) is 20.8 Å². The lowest BCUT2D eigenvalue weighted by atomic mass is 9.91. The second kappa shape index (κ2) is 9.81. The van der Waals surface area contributed by atoms with Crippen LogP contribution in [0.2, 0.25) is 0 Å². The van der Waals surface area contributed by atoms with Crippen molar-refractivity contribution in [1.29, 1.82) is 0 Å². The molecule has 0 saturated heterocycles. The van der Waals surface area contributed by atoms with Gasteiger partial charge in [0.15, 0.2) is 11.5 Å². The Kier molecular flexibility index (Phi) is 7.17. The van der Waals surface area contributed by atoms with Gasteiger partial charge in [-0.15, -0.1) is 4.76 Å². The number of nitrogens with one attached hydrogen (secondary N) is 2. The molecule has 2 aliphatic heterocycles. The molecule has 3 heterocycles. The lowest BCUT2D eigenvalue weighted by Crippen LogP contribution is -2.58. The van der Waals surface area contributed by atoms with Gasteiger partial charge >= 0.3 is 19.4 Å². The number of benzene rings is 1. The monoisotopic (exact) mass is 563 g/mol. The molecule has 12 nitrogen and oxygen atoms in total. The standard InChI is InChI=1S/C24H31N6O6PS/c1-6-36-37(33)21-14-17(28-38(5,34)35)8-9-18(21)26-23(27-37)30(13-10-24(2,3)4)16-19(20(31)15-22(30)32)29-12-7-11-25-29/h7-9,11-12,14-16,28H,6,10,13H2,1-5H3,(H-,26,27,31,32,33)/p+1. The molecule has 0 spiro atoms. The van der Waals surface area contributed by atoms with Crippen molar-refractivity contribution in [2.24, 2.45) is 10.2 Å². The summed E-state index contributed by atoms with van der Waals surface area (Å²) in [7, 11) is -7.54. The summed E-state index contributed by atoms with van der Waals surface area (Å²) in [5.41, 5.74) is 0.653. The lowest BCUT2D eigenvalue weighted by molar-refractivity contribution is -0.706. The van der Waals surface area contributed by atoms with Crippen LogP contribution in [0.25, 0.3) is 5.70 Å². The van der Waals surface area contributed by atoms with E-state index >= 15 is 0 Å². The van der Waals surface area contributed by atoms with Crippen molar-refractivity contribution in [1.82, 2.24) is 9.78 Å². The number of sulfonamides is 1. The predicted octanol–water partition coefficient (Wildman–Crippen LogP) is 3.62. The zero-order chi connectivity index (χ0) is 27.9. The van der Waals surface area contributed by atoms with Crippen molar-refractivity contribution in [2.45, 2.75) is 34.1 Å². The molecule has 204 valence electrons. The van der Waals surface area contributed by atoms with E-state index in [2.05, 4.69) is 19.9 Å². The Balaban J connectivity index is 1.91. The molecular formula is C24H32N6O6PS+. The summed E-state index contributed by atoms with van der Waals surface area (Å²) in [6.45, 7) is 8.07. The molecule has 0 fully saturated rings. The van der Waals surface area contributed by atoms with Gasteiger partial charge in [0.1, 0.15) is 6.20 Å². The number of aromatic nitrogens is 2. The minimum Gasteiger partial charge on any atom is -0.505 e. The topological polar surface area (TPSA) is 152 Å². The lowest BCUT2D eigenvalue weighted by Gasteiger charge is -2.37. The number of fused-ring (bicyclic) bond motifs is 1. The molecule has 2 atom stereocenters. The first-order valence-electron chi connectivity index (χ1n) is 12.0. The van der Waals surface area contributed by atoms with Crippen LogP contribution in [-0.4, -0.2) is 59.1 Å². The highest BCUT2D eigenvalue weighted by Crippen LogP contribution is 2.53. The van der Waals surface area contributed by atoms with Gasteiger partial charge in [-0.05, 0) is 36.6 Å². The van der Waals surface area contributed by atoms with Crippen molar-refractivity contribution in [3.63, 3.8) is 0 Å². The van der Waals surface area contributed by atoms with Gasteiger partial charge in [0.2, 0.25) is 10.0 Å². The van der Waals surface area contributed by atoms with E-state index in [1.165, 1.54) is 16.8 Å². The SMILES string of the molecule is CCOP1(=O)N=C([N+]2(CCC(C)(C)C)C=C(n3cccn3)C(O)=CC2=O)Nc2ccc(NS(C)(=O)=O)cc21. The van der Waals surface area contributed by atoms with Crippen LogP contribution in [-0.2, 0) is 23.9 Å². The molecule has 1 amide bonds. The number of allylic oxidation sites excluding steroid dienone is 1. The van der Waals surface area contributed by atoms with E-state index in [4.69, 9.17) is 4.52 Å². The smallest absolute Gasteiger partial charge is 0.354 e. The molecule has 4 rings (SSSR count). The number of anilines is 2. The number of hydrogen-bond donors (Lipinski definition) is 3. The second-order valence-corrected chi connectivity index (χ2v) is 14.1. The van der Waals surface area contributed by atoms with Gasteiger partial charge in [-0.3, -0.25) is 14.6 Å². The number of quaternary nitrogens is 1. The van der Waals surface area contributed by atoms with Crippen LogP contribution in [0.4, 0.5) is 11.4 Å². The Morgan fingerprint density at radius 2 is 2.03 bits per heavy atom. The minimum atomic E-state index is -3.96. The maximum Gasteiger partial charge on any atom is 0.354 e. The van der Waals surface area contributed by atoms with E-state index in [9.17, 15) is 22.9 Å². The van der Waals surface area contributed by atoms with Crippen LogP contribution < -0.4 is 15.3 Å². The molecule has 14 heteroatoms. The maximum atomic E-state index is 14.2. The zero-order valence-electron chi connectivity index (χ0n) is 21.9. The second-order valence-electron chi connectivity index (χ2n) is 10.3. The fourth-order valence-corrected chi connectivity index (χ4v) is 6.52. The summed E-state index contributed by atoms with van der Waals surface area (Å²) in [4.78, 5) is 13.7. The molecule has 0 radical (unpaired) electrons. The molecule has 3 N–H and O–H groups in total. The number of hydrogen-bond acceptors (Lipinski definition) is 8. The fraction of sp³-hybridized carbons (Fsp3) is 0.375. The number of carbonyl (C=O) groups is 1. The predicted molar refractivity (Wildman–Crippen MR) is 146 cm³/mol. The first kappa shape index (κ1) is 27.8. The molecule has 2 aromatic rings. The van der Waals surface area contributed by atoms with Crippen molar-refractivity contribution >= 4 is 51.8 Å². The van der Waals surface area contributed by atoms with Crippen LogP contribution in [0.1, 0.15) is 34.1 Å². The Morgan fingerprint density at radius 1 is 1.29 bits per heavy atom. The third-order valence-electron chi connectivity index (χ3n) is 5.98. The van der Waals surface area contributed by atoms with Gasteiger partial charge < -0.3 is 9.63 Å². The average Bonchev–Trinajstić information content (AvgIpc) is 3.32. The van der Waals surface area contributed by atoms with Crippen molar-refractivity contribution in [3.05, 3.63) is 54.7 Å². The number of aliphatic hydroxyl groups is 1. The van der Waals surface area contributed by atoms with Crippen LogP contribution in [0.3, 0.4) is 0 Å². The quantitative estimate of drug-likeness (QED) is 0.341. The third kappa shape index (κ3) is 5.60. The van der Waals surface area contributed by atoms with Gasteiger partial charge in [0, 0.05) is 24.5 Å². The van der Waals surface area contributed by atoms with Crippen molar-refractivity contribution < 1.29 is 31.9 Å². The normalized spacial score (nSPS) is 23.6. The summed E-state index contributed by atoms with van der Waals surface area (Å²) < 4.78 is 51.2. The molecular weight excluding hydrogens is 531 g/mol. The van der Waals surface area contributed by atoms with Gasteiger partial charge in [-0.2, -0.15) is 9.58 Å². The summed E-state index contributed by atoms with van der Waals surface area (Å²) >= 11 is 0. The molecule has 38 heavy (non-hydrogen) atoms. The van der Waals surface area contributed by atoms with E-state index in [0.29, 0.717) is 12.1 Å². The number of aliphatic hydroxyl groups excluding tert-OH is 1.